The van der Waals surface area contributed by atoms with Crippen LogP contribution in [0, 0.1) is 0 Å². The number of hydrogen-bond donors (Lipinski definition) is 2. The maximum atomic E-state index is 5.68. The lowest BCUT2D eigenvalue weighted by molar-refractivity contribution is 0.322. The van der Waals surface area contributed by atoms with Gasteiger partial charge in [-0.1, -0.05) is 42.5 Å². The minimum Gasteiger partial charge on any atom is -0.492 e. The molecule has 0 saturated carbocycles. The molecule has 0 fully saturated rings. The molecule has 2 N–H and O–H groups in total. The monoisotopic (exact) mass is 360 g/mol. The Kier molecular flexibility index (Phi) is 6.81. The molecule has 138 valence electrons. The van der Waals surface area contributed by atoms with E-state index in [0.29, 0.717) is 19.7 Å². The van der Waals surface area contributed by atoms with Crippen molar-refractivity contribution in [2.45, 2.75) is 6.54 Å². The highest BCUT2D eigenvalue weighted by Crippen LogP contribution is 2.17. The summed E-state index contributed by atoms with van der Waals surface area (Å²) in [4.78, 5) is 8.66. The standard InChI is InChI=1S/C22H24N4O/c1-23-22(25-14-15-27-20-10-3-2-4-11-20)26-17-18-8-7-9-19(16-18)21-12-5-6-13-24-21/h2-13,16H,14-15,17H2,1H3,(H2,23,25,26). The van der Waals surface area contributed by atoms with Crippen LogP contribution in [0.15, 0.2) is 84.0 Å². The molecule has 5 heteroatoms. The fourth-order valence-electron chi connectivity index (χ4n) is 2.64. The predicted octanol–water partition coefficient (Wildman–Crippen LogP) is 3.49. The van der Waals surface area contributed by atoms with E-state index in [1.807, 2.05) is 60.8 Å². The van der Waals surface area contributed by atoms with Crippen LogP contribution in [0.1, 0.15) is 5.56 Å². The van der Waals surface area contributed by atoms with Crippen LogP contribution in [0.25, 0.3) is 11.3 Å². The van der Waals surface area contributed by atoms with Crippen LogP contribution >= 0.6 is 0 Å². The Morgan fingerprint density at radius 1 is 0.963 bits per heavy atom. The summed E-state index contributed by atoms with van der Waals surface area (Å²) in [5.41, 5.74) is 3.25. The van der Waals surface area contributed by atoms with E-state index in [1.54, 1.807) is 7.05 Å². The molecule has 0 radical (unpaired) electrons. The zero-order valence-electron chi connectivity index (χ0n) is 15.4. The number of aromatic nitrogens is 1. The van der Waals surface area contributed by atoms with Gasteiger partial charge in [0.2, 0.25) is 0 Å². The highest BCUT2D eigenvalue weighted by Gasteiger charge is 2.02. The molecule has 3 aromatic rings. The summed E-state index contributed by atoms with van der Waals surface area (Å²) in [6.45, 7) is 1.92. The third kappa shape index (κ3) is 5.85. The van der Waals surface area contributed by atoms with Crippen molar-refractivity contribution in [3.63, 3.8) is 0 Å². The Labute approximate surface area is 160 Å². The Morgan fingerprint density at radius 2 is 1.81 bits per heavy atom. The van der Waals surface area contributed by atoms with Crippen molar-refractivity contribution in [3.05, 3.63) is 84.6 Å². The molecule has 1 aromatic heterocycles. The van der Waals surface area contributed by atoms with Crippen LogP contribution in [0.4, 0.5) is 0 Å². The molecule has 0 bridgehead atoms. The molecule has 0 unspecified atom stereocenters. The van der Waals surface area contributed by atoms with E-state index in [-0.39, 0.29) is 0 Å². The summed E-state index contributed by atoms with van der Waals surface area (Å²) in [7, 11) is 1.76. The molecule has 0 saturated heterocycles. The van der Waals surface area contributed by atoms with Gasteiger partial charge in [-0.2, -0.15) is 0 Å². The van der Waals surface area contributed by atoms with E-state index in [0.717, 1.165) is 23.0 Å². The van der Waals surface area contributed by atoms with Gasteiger partial charge in [-0.3, -0.25) is 9.98 Å². The number of rotatable bonds is 7. The Hall–Kier alpha value is -3.34. The topological polar surface area (TPSA) is 58.5 Å². The molecule has 2 aromatic carbocycles. The van der Waals surface area contributed by atoms with E-state index in [4.69, 9.17) is 4.74 Å². The normalized spacial score (nSPS) is 11.1. The molecule has 3 rings (SSSR count). The van der Waals surface area contributed by atoms with Crippen molar-refractivity contribution < 1.29 is 4.74 Å². The van der Waals surface area contributed by atoms with Crippen molar-refractivity contribution in [3.8, 4) is 17.0 Å². The maximum Gasteiger partial charge on any atom is 0.191 e. The summed E-state index contributed by atoms with van der Waals surface area (Å²) in [6, 6.07) is 24.1. The molecule has 0 aliphatic heterocycles. The highest BCUT2D eigenvalue weighted by atomic mass is 16.5. The quantitative estimate of drug-likeness (QED) is 0.385. The Morgan fingerprint density at radius 3 is 2.59 bits per heavy atom. The maximum absolute atomic E-state index is 5.68. The molecule has 1 heterocycles. The van der Waals surface area contributed by atoms with E-state index >= 15 is 0 Å². The molecule has 5 nitrogen and oxygen atoms in total. The van der Waals surface area contributed by atoms with Crippen molar-refractivity contribution in [1.82, 2.24) is 15.6 Å². The number of benzene rings is 2. The van der Waals surface area contributed by atoms with Gasteiger partial charge in [-0.05, 0) is 35.9 Å². The van der Waals surface area contributed by atoms with Gasteiger partial charge in [0.15, 0.2) is 5.96 Å². The first-order chi connectivity index (χ1) is 13.3. The smallest absolute Gasteiger partial charge is 0.191 e. The van der Waals surface area contributed by atoms with Crippen molar-refractivity contribution in [1.29, 1.82) is 0 Å². The summed E-state index contributed by atoms with van der Waals surface area (Å²) in [5.74, 6) is 1.61. The van der Waals surface area contributed by atoms with Gasteiger partial charge in [0, 0.05) is 25.4 Å². The lowest BCUT2D eigenvalue weighted by Gasteiger charge is -2.13. The van der Waals surface area contributed by atoms with Crippen LogP contribution in [0.3, 0.4) is 0 Å². The minimum absolute atomic E-state index is 0.569. The zero-order valence-corrected chi connectivity index (χ0v) is 15.4. The van der Waals surface area contributed by atoms with E-state index in [2.05, 4.69) is 38.8 Å². The van der Waals surface area contributed by atoms with Crippen molar-refractivity contribution in [2.24, 2.45) is 4.99 Å². The lowest BCUT2D eigenvalue weighted by atomic mass is 10.1. The number of pyridine rings is 1. The minimum atomic E-state index is 0.569. The van der Waals surface area contributed by atoms with Crippen molar-refractivity contribution in [2.75, 3.05) is 20.2 Å². The lowest BCUT2D eigenvalue weighted by Crippen LogP contribution is -2.38. The third-order valence-electron chi connectivity index (χ3n) is 3.98. The molecule has 0 aliphatic carbocycles. The van der Waals surface area contributed by atoms with E-state index in [1.165, 1.54) is 5.56 Å². The number of guanidine groups is 1. The number of ether oxygens (including phenoxy) is 1. The first-order valence-electron chi connectivity index (χ1n) is 8.98. The highest BCUT2D eigenvalue weighted by molar-refractivity contribution is 5.79. The molecular formula is C22H24N4O. The van der Waals surface area contributed by atoms with Crippen LogP contribution in [0.5, 0.6) is 5.75 Å². The van der Waals surface area contributed by atoms with Crippen LogP contribution in [-0.4, -0.2) is 31.1 Å². The van der Waals surface area contributed by atoms with Gasteiger partial charge in [0.05, 0.1) is 12.2 Å². The zero-order chi connectivity index (χ0) is 18.7. The SMILES string of the molecule is CN=C(NCCOc1ccccc1)NCc1cccc(-c2ccccn2)c1. The molecule has 0 spiro atoms. The first kappa shape index (κ1) is 18.5. The summed E-state index contributed by atoms with van der Waals surface area (Å²) in [5, 5.41) is 6.58. The predicted molar refractivity (Wildman–Crippen MR) is 110 cm³/mol. The molecular weight excluding hydrogens is 336 g/mol. The number of nitrogens with one attached hydrogen (secondary N) is 2. The second-order valence-corrected chi connectivity index (χ2v) is 5.93. The van der Waals surface area contributed by atoms with Gasteiger partial charge >= 0.3 is 0 Å². The fraction of sp³-hybridized carbons (Fsp3) is 0.182. The first-order valence-corrected chi connectivity index (χ1v) is 8.98. The molecule has 0 atom stereocenters. The molecule has 0 amide bonds. The Balaban J connectivity index is 1.47. The van der Waals surface area contributed by atoms with E-state index < -0.39 is 0 Å². The second-order valence-electron chi connectivity index (χ2n) is 5.93. The van der Waals surface area contributed by atoms with Gasteiger partial charge in [-0.25, -0.2) is 0 Å². The number of nitrogens with zero attached hydrogens (tertiary/aromatic N) is 2. The second kappa shape index (κ2) is 9.97. The Bertz CT molecular complexity index is 850. The summed E-state index contributed by atoms with van der Waals surface area (Å²) < 4.78 is 5.68. The van der Waals surface area contributed by atoms with Crippen LogP contribution in [0.2, 0.25) is 0 Å². The summed E-state index contributed by atoms with van der Waals surface area (Å²) >= 11 is 0. The molecule has 0 aliphatic rings. The average Bonchev–Trinajstić information content (AvgIpc) is 2.75. The van der Waals surface area contributed by atoms with Crippen molar-refractivity contribution >= 4 is 5.96 Å². The van der Waals surface area contributed by atoms with Gasteiger partial charge in [-0.15, -0.1) is 0 Å². The third-order valence-corrected chi connectivity index (χ3v) is 3.98. The van der Waals surface area contributed by atoms with Crippen LogP contribution in [-0.2, 0) is 6.54 Å². The summed E-state index contributed by atoms with van der Waals surface area (Å²) in [6.07, 6.45) is 1.81. The average molecular weight is 360 g/mol. The molecule has 27 heavy (non-hydrogen) atoms. The number of aliphatic imine (C=N–C) groups is 1. The largest absolute Gasteiger partial charge is 0.492 e. The van der Waals surface area contributed by atoms with E-state index in [9.17, 15) is 0 Å². The van der Waals surface area contributed by atoms with Crippen LogP contribution < -0.4 is 15.4 Å². The van der Waals surface area contributed by atoms with Gasteiger partial charge in [0.25, 0.3) is 0 Å². The fourth-order valence-corrected chi connectivity index (χ4v) is 2.64. The van der Waals surface area contributed by atoms with Gasteiger partial charge in [0.1, 0.15) is 12.4 Å². The number of para-hydroxylation sites is 1. The number of hydrogen-bond acceptors (Lipinski definition) is 3. The van der Waals surface area contributed by atoms with Gasteiger partial charge < -0.3 is 15.4 Å².